The third kappa shape index (κ3) is 2.97. The Hall–Kier alpha value is -0.160. The molecule has 0 radical (unpaired) electrons. The summed E-state index contributed by atoms with van der Waals surface area (Å²) in [4.78, 5) is 2.52. The van der Waals surface area contributed by atoms with Gasteiger partial charge < -0.3 is 20.5 Å². The van der Waals surface area contributed by atoms with E-state index in [2.05, 4.69) is 4.90 Å². The molecule has 3 N–H and O–H groups in total. The van der Waals surface area contributed by atoms with E-state index in [-0.39, 0.29) is 5.60 Å². The maximum absolute atomic E-state index is 10.7. The smallest absolute Gasteiger partial charge is 0.0700 e. The van der Waals surface area contributed by atoms with Gasteiger partial charge in [-0.15, -0.1) is 0 Å². The zero-order valence-electron chi connectivity index (χ0n) is 11.9. The molecule has 1 aliphatic carbocycles. The average Bonchev–Trinajstić information content (AvgIpc) is 2.41. The molecule has 2 aliphatic heterocycles. The van der Waals surface area contributed by atoms with Gasteiger partial charge in [0.25, 0.3) is 0 Å². The topological polar surface area (TPSA) is 58.7 Å². The summed E-state index contributed by atoms with van der Waals surface area (Å²) >= 11 is 0. The normalized spacial score (nSPS) is 44.8. The molecule has 4 unspecified atom stereocenters. The van der Waals surface area contributed by atoms with Crippen molar-refractivity contribution >= 4 is 0 Å². The van der Waals surface area contributed by atoms with E-state index in [4.69, 9.17) is 10.5 Å². The van der Waals surface area contributed by atoms with Gasteiger partial charge in [-0.1, -0.05) is 12.8 Å². The summed E-state index contributed by atoms with van der Waals surface area (Å²) in [5, 5.41) is 10.7. The largest absolute Gasteiger partial charge is 0.390 e. The molecule has 110 valence electrons. The molecule has 0 amide bonds. The van der Waals surface area contributed by atoms with Crippen molar-refractivity contribution in [3.63, 3.8) is 0 Å². The van der Waals surface area contributed by atoms with E-state index in [9.17, 15) is 5.11 Å². The molecule has 4 nitrogen and oxygen atoms in total. The number of fused-ring (bicyclic) bond motifs is 1. The van der Waals surface area contributed by atoms with Crippen molar-refractivity contribution < 1.29 is 9.84 Å². The van der Waals surface area contributed by atoms with Crippen LogP contribution in [0.4, 0.5) is 0 Å². The summed E-state index contributed by atoms with van der Waals surface area (Å²) < 4.78 is 5.56. The molecule has 2 saturated heterocycles. The first kappa shape index (κ1) is 13.8. The predicted octanol–water partition coefficient (Wildman–Crippen LogP) is 0.977. The van der Waals surface area contributed by atoms with Gasteiger partial charge in [0, 0.05) is 44.1 Å². The second kappa shape index (κ2) is 5.68. The van der Waals surface area contributed by atoms with Crippen molar-refractivity contribution in [1.82, 2.24) is 4.90 Å². The molecule has 0 bridgehead atoms. The summed E-state index contributed by atoms with van der Waals surface area (Å²) in [6.07, 6.45) is 6.63. The van der Waals surface area contributed by atoms with Crippen molar-refractivity contribution in [3.8, 4) is 0 Å². The molecule has 4 atom stereocenters. The van der Waals surface area contributed by atoms with E-state index in [0.717, 1.165) is 52.1 Å². The first-order chi connectivity index (χ1) is 9.17. The lowest BCUT2D eigenvalue weighted by molar-refractivity contribution is -0.100. The summed E-state index contributed by atoms with van der Waals surface area (Å²) in [6, 6.07) is 0.293. The Bertz CT molecular complexity index is 311. The number of likely N-dealkylation sites (tertiary alicyclic amines) is 1. The predicted molar refractivity (Wildman–Crippen MR) is 74.9 cm³/mol. The molecule has 0 aromatic carbocycles. The van der Waals surface area contributed by atoms with Crippen LogP contribution in [0.15, 0.2) is 0 Å². The van der Waals surface area contributed by atoms with Gasteiger partial charge in [0.15, 0.2) is 0 Å². The summed E-state index contributed by atoms with van der Waals surface area (Å²) in [5.41, 5.74) is 5.84. The standard InChI is InChI=1S/C15H28N2O2/c16-14-4-8-19-11-12(14)9-17-7-6-15(18)5-2-1-3-13(15)10-17/h12-14,18H,1-11,16H2. The third-order valence-electron chi connectivity index (χ3n) is 5.54. The Morgan fingerprint density at radius 3 is 3.00 bits per heavy atom. The zero-order valence-corrected chi connectivity index (χ0v) is 11.9. The van der Waals surface area contributed by atoms with Gasteiger partial charge in [0.05, 0.1) is 12.2 Å². The summed E-state index contributed by atoms with van der Waals surface area (Å²) in [6.45, 7) is 4.76. The van der Waals surface area contributed by atoms with Crippen LogP contribution < -0.4 is 5.73 Å². The highest BCUT2D eigenvalue weighted by atomic mass is 16.5. The summed E-state index contributed by atoms with van der Waals surface area (Å²) in [7, 11) is 0. The SMILES string of the molecule is NC1CCOCC1CN1CCC2(O)CCCCC2C1. The Morgan fingerprint density at radius 1 is 1.26 bits per heavy atom. The molecular formula is C15H28N2O2. The van der Waals surface area contributed by atoms with Gasteiger partial charge in [0.1, 0.15) is 0 Å². The molecule has 0 spiro atoms. The van der Waals surface area contributed by atoms with Gasteiger partial charge in [-0.05, 0) is 25.7 Å². The minimum Gasteiger partial charge on any atom is -0.390 e. The monoisotopic (exact) mass is 268 g/mol. The number of nitrogens with two attached hydrogens (primary N) is 1. The highest BCUT2D eigenvalue weighted by Crippen LogP contribution is 2.39. The van der Waals surface area contributed by atoms with Gasteiger partial charge in [-0.25, -0.2) is 0 Å². The molecule has 3 aliphatic rings. The quantitative estimate of drug-likeness (QED) is 0.784. The highest BCUT2D eigenvalue weighted by molar-refractivity contribution is 4.96. The Morgan fingerprint density at radius 2 is 2.16 bits per heavy atom. The number of aliphatic hydroxyl groups is 1. The van der Waals surface area contributed by atoms with E-state index in [0.29, 0.717) is 17.9 Å². The lowest BCUT2D eigenvalue weighted by Gasteiger charge is -2.48. The fraction of sp³-hybridized carbons (Fsp3) is 1.00. The number of piperidine rings is 1. The lowest BCUT2D eigenvalue weighted by atomic mass is 9.71. The fourth-order valence-electron chi connectivity index (χ4n) is 4.14. The molecule has 3 rings (SSSR count). The highest BCUT2D eigenvalue weighted by Gasteiger charge is 2.43. The van der Waals surface area contributed by atoms with Crippen LogP contribution in [0.25, 0.3) is 0 Å². The first-order valence-electron chi connectivity index (χ1n) is 7.95. The van der Waals surface area contributed by atoms with Crippen LogP contribution in [0.5, 0.6) is 0 Å². The molecular weight excluding hydrogens is 240 g/mol. The lowest BCUT2D eigenvalue weighted by Crippen LogP contribution is -2.55. The molecule has 1 saturated carbocycles. The van der Waals surface area contributed by atoms with Crippen molar-refractivity contribution in [2.75, 3.05) is 32.8 Å². The molecule has 4 heteroatoms. The molecule has 19 heavy (non-hydrogen) atoms. The van der Waals surface area contributed by atoms with Gasteiger partial charge in [-0.2, -0.15) is 0 Å². The first-order valence-corrected chi connectivity index (χ1v) is 7.95. The zero-order chi connectivity index (χ0) is 13.3. The second-order valence-electron chi connectivity index (χ2n) is 6.84. The average molecular weight is 268 g/mol. The van der Waals surface area contributed by atoms with Crippen LogP contribution in [0.2, 0.25) is 0 Å². The number of rotatable bonds is 2. The van der Waals surface area contributed by atoms with E-state index in [1.807, 2.05) is 0 Å². The number of hydrogen-bond acceptors (Lipinski definition) is 4. The molecule has 2 heterocycles. The number of ether oxygens (including phenoxy) is 1. The van der Waals surface area contributed by atoms with Crippen molar-refractivity contribution in [2.45, 2.75) is 50.2 Å². The van der Waals surface area contributed by atoms with E-state index < -0.39 is 0 Å². The Labute approximate surface area is 116 Å². The minimum absolute atomic E-state index is 0.293. The van der Waals surface area contributed by atoms with E-state index >= 15 is 0 Å². The second-order valence-corrected chi connectivity index (χ2v) is 6.84. The van der Waals surface area contributed by atoms with Gasteiger partial charge in [0.2, 0.25) is 0 Å². The van der Waals surface area contributed by atoms with Gasteiger partial charge >= 0.3 is 0 Å². The van der Waals surface area contributed by atoms with Crippen molar-refractivity contribution in [2.24, 2.45) is 17.6 Å². The molecule has 0 aromatic heterocycles. The van der Waals surface area contributed by atoms with Crippen molar-refractivity contribution in [1.29, 1.82) is 0 Å². The fourth-order valence-corrected chi connectivity index (χ4v) is 4.14. The maximum atomic E-state index is 10.7. The van der Waals surface area contributed by atoms with Crippen LogP contribution in [0.1, 0.15) is 38.5 Å². The van der Waals surface area contributed by atoms with E-state index in [1.165, 1.54) is 19.3 Å². The number of nitrogens with zero attached hydrogens (tertiary/aromatic N) is 1. The van der Waals surface area contributed by atoms with Gasteiger partial charge in [-0.3, -0.25) is 0 Å². The Kier molecular flexibility index (Phi) is 4.13. The van der Waals surface area contributed by atoms with Crippen molar-refractivity contribution in [3.05, 3.63) is 0 Å². The van der Waals surface area contributed by atoms with Crippen LogP contribution in [-0.4, -0.2) is 54.5 Å². The molecule has 3 fully saturated rings. The minimum atomic E-state index is -0.361. The van der Waals surface area contributed by atoms with E-state index in [1.54, 1.807) is 0 Å². The van der Waals surface area contributed by atoms with Crippen LogP contribution in [0, 0.1) is 11.8 Å². The van der Waals surface area contributed by atoms with Crippen LogP contribution in [0.3, 0.4) is 0 Å². The maximum Gasteiger partial charge on any atom is 0.0700 e. The number of hydrogen-bond donors (Lipinski definition) is 2. The van der Waals surface area contributed by atoms with Crippen LogP contribution in [-0.2, 0) is 4.74 Å². The van der Waals surface area contributed by atoms with Crippen LogP contribution >= 0.6 is 0 Å². The summed E-state index contributed by atoms with van der Waals surface area (Å²) in [5.74, 6) is 0.958. The Balaban J connectivity index is 1.55. The molecule has 0 aromatic rings. The third-order valence-corrected chi connectivity index (χ3v) is 5.54.